The van der Waals surface area contributed by atoms with Crippen LogP contribution in [0.15, 0.2) is 12.2 Å². The van der Waals surface area contributed by atoms with E-state index in [2.05, 4.69) is 20.4 Å². The van der Waals surface area contributed by atoms with Crippen LogP contribution in [0.5, 0.6) is 0 Å². The minimum absolute atomic E-state index is 0.603. The quantitative estimate of drug-likeness (QED) is 0.489. The molecule has 102 valence electrons. The lowest BCUT2D eigenvalue weighted by molar-refractivity contribution is -0.0298. The van der Waals surface area contributed by atoms with Gasteiger partial charge in [-0.15, -0.1) is 0 Å². The highest BCUT2D eigenvalue weighted by molar-refractivity contribution is 5.08. The van der Waals surface area contributed by atoms with E-state index < -0.39 is 0 Å². The maximum atomic E-state index is 4.33. The molecule has 0 aromatic rings. The topological polar surface area (TPSA) is 0 Å². The summed E-state index contributed by atoms with van der Waals surface area (Å²) in [5.41, 5.74) is 2.15. The summed E-state index contributed by atoms with van der Waals surface area (Å²) in [5, 5.41) is 0. The van der Waals surface area contributed by atoms with Crippen LogP contribution >= 0.6 is 0 Å². The third-order valence-electron chi connectivity index (χ3n) is 6.64. The van der Waals surface area contributed by atoms with Gasteiger partial charge in [-0.25, -0.2) is 0 Å². The van der Waals surface area contributed by atoms with Crippen molar-refractivity contribution in [2.75, 3.05) is 0 Å². The normalized spacial score (nSPS) is 49.1. The molecule has 0 spiro atoms. The Morgan fingerprint density at radius 2 is 1.89 bits per heavy atom. The summed E-state index contributed by atoms with van der Waals surface area (Å²) in [4.78, 5) is 0. The van der Waals surface area contributed by atoms with E-state index in [1.54, 1.807) is 5.57 Å². The molecule has 3 saturated carbocycles. The Hall–Kier alpha value is -0.260. The third-order valence-corrected chi connectivity index (χ3v) is 6.64. The van der Waals surface area contributed by atoms with Gasteiger partial charge >= 0.3 is 0 Å². The molecule has 0 N–H and O–H groups in total. The van der Waals surface area contributed by atoms with E-state index in [0.29, 0.717) is 5.41 Å². The van der Waals surface area contributed by atoms with Crippen molar-refractivity contribution in [3.05, 3.63) is 12.2 Å². The first-order valence-electron chi connectivity index (χ1n) is 8.27. The van der Waals surface area contributed by atoms with Gasteiger partial charge in [0, 0.05) is 0 Å². The van der Waals surface area contributed by atoms with E-state index in [1.807, 2.05) is 0 Å². The van der Waals surface area contributed by atoms with Gasteiger partial charge < -0.3 is 0 Å². The first kappa shape index (κ1) is 12.8. The van der Waals surface area contributed by atoms with Gasteiger partial charge in [-0.1, -0.05) is 38.8 Å². The molecule has 0 aromatic heterocycles. The van der Waals surface area contributed by atoms with E-state index in [0.717, 1.165) is 23.7 Å². The minimum atomic E-state index is 0.603. The summed E-state index contributed by atoms with van der Waals surface area (Å²) in [6, 6.07) is 0. The fourth-order valence-corrected chi connectivity index (χ4v) is 5.74. The van der Waals surface area contributed by atoms with E-state index in [-0.39, 0.29) is 0 Å². The lowest BCUT2D eigenvalue weighted by Crippen LogP contribution is -2.44. The molecule has 5 atom stereocenters. The van der Waals surface area contributed by atoms with Crippen LogP contribution in [0.2, 0.25) is 0 Å². The van der Waals surface area contributed by atoms with Gasteiger partial charge in [0.2, 0.25) is 0 Å². The Bertz CT molecular complexity index is 329. The Balaban J connectivity index is 1.86. The number of hydrogen-bond acceptors (Lipinski definition) is 0. The molecule has 0 heterocycles. The molecule has 18 heavy (non-hydrogen) atoms. The lowest BCUT2D eigenvalue weighted by Gasteiger charge is -2.53. The highest BCUT2D eigenvalue weighted by atomic mass is 14.5. The molecule has 0 heteroatoms. The van der Waals surface area contributed by atoms with Gasteiger partial charge in [-0.05, 0) is 74.0 Å². The number of hydrogen-bond donors (Lipinski definition) is 0. The Morgan fingerprint density at radius 1 is 1.06 bits per heavy atom. The van der Waals surface area contributed by atoms with Crippen molar-refractivity contribution in [2.24, 2.45) is 29.1 Å². The molecular formula is C18H30. The molecular weight excluding hydrogens is 216 g/mol. The van der Waals surface area contributed by atoms with E-state index in [1.165, 1.54) is 57.8 Å². The SMILES string of the molecule is C=C1CCCC2C3CCCC(C)C3CCC2(C)C1. The summed E-state index contributed by atoms with van der Waals surface area (Å²) < 4.78 is 0. The number of rotatable bonds is 0. The first-order chi connectivity index (χ1) is 8.60. The summed E-state index contributed by atoms with van der Waals surface area (Å²) >= 11 is 0. The van der Waals surface area contributed by atoms with Gasteiger partial charge in [-0.2, -0.15) is 0 Å². The molecule has 0 amide bonds. The average Bonchev–Trinajstić information content (AvgIpc) is 2.47. The highest BCUT2D eigenvalue weighted by Crippen LogP contribution is 2.58. The van der Waals surface area contributed by atoms with Crippen molar-refractivity contribution in [2.45, 2.75) is 71.6 Å². The maximum Gasteiger partial charge on any atom is -0.0258 e. The second kappa shape index (κ2) is 4.69. The summed E-state index contributed by atoms with van der Waals surface area (Å²) in [7, 11) is 0. The highest BCUT2D eigenvalue weighted by Gasteiger charge is 2.48. The van der Waals surface area contributed by atoms with E-state index in [9.17, 15) is 0 Å². The third kappa shape index (κ3) is 2.06. The van der Waals surface area contributed by atoms with Crippen LogP contribution in [0.4, 0.5) is 0 Å². The molecule has 0 bridgehead atoms. The van der Waals surface area contributed by atoms with Gasteiger partial charge in [0.25, 0.3) is 0 Å². The number of fused-ring (bicyclic) bond motifs is 3. The van der Waals surface area contributed by atoms with Crippen molar-refractivity contribution < 1.29 is 0 Å². The van der Waals surface area contributed by atoms with Crippen molar-refractivity contribution in [3.8, 4) is 0 Å². The maximum absolute atomic E-state index is 4.33. The van der Waals surface area contributed by atoms with Gasteiger partial charge in [-0.3, -0.25) is 0 Å². The average molecular weight is 246 g/mol. The molecule has 0 radical (unpaired) electrons. The fourth-order valence-electron chi connectivity index (χ4n) is 5.74. The summed E-state index contributed by atoms with van der Waals surface area (Å²) in [6.07, 6.45) is 13.0. The summed E-state index contributed by atoms with van der Waals surface area (Å²) in [6.45, 7) is 9.44. The van der Waals surface area contributed by atoms with Crippen LogP contribution in [-0.2, 0) is 0 Å². The predicted octanol–water partition coefficient (Wildman–Crippen LogP) is 5.59. The second-order valence-corrected chi connectivity index (χ2v) is 7.85. The smallest absolute Gasteiger partial charge is 0.0258 e. The second-order valence-electron chi connectivity index (χ2n) is 7.85. The van der Waals surface area contributed by atoms with Crippen molar-refractivity contribution in [1.82, 2.24) is 0 Å². The lowest BCUT2D eigenvalue weighted by atomic mass is 9.52. The van der Waals surface area contributed by atoms with Crippen molar-refractivity contribution in [1.29, 1.82) is 0 Å². The van der Waals surface area contributed by atoms with Gasteiger partial charge in [0.15, 0.2) is 0 Å². The largest absolute Gasteiger partial charge is 0.0998 e. The molecule has 3 aliphatic rings. The van der Waals surface area contributed by atoms with E-state index >= 15 is 0 Å². The van der Waals surface area contributed by atoms with Crippen LogP contribution in [0, 0.1) is 29.1 Å². The molecule has 3 aliphatic carbocycles. The van der Waals surface area contributed by atoms with Gasteiger partial charge in [0.1, 0.15) is 0 Å². The fraction of sp³-hybridized carbons (Fsp3) is 0.889. The minimum Gasteiger partial charge on any atom is -0.0998 e. The predicted molar refractivity (Wildman–Crippen MR) is 78.4 cm³/mol. The zero-order chi connectivity index (χ0) is 12.8. The zero-order valence-corrected chi connectivity index (χ0v) is 12.4. The van der Waals surface area contributed by atoms with Crippen LogP contribution in [0.1, 0.15) is 71.6 Å². The van der Waals surface area contributed by atoms with Crippen LogP contribution in [0.3, 0.4) is 0 Å². The van der Waals surface area contributed by atoms with E-state index in [4.69, 9.17) is 0 Å². The Kier molecular flexibility index (Phi) is 3.32. The van der Waals surface area contributed by atoms with Crippen molar-refractivity contribution in [3.63, 3.8) is 0 Å². The van der Waals surface area contributed by atoms with Crippen molar-refractivity contribution >= 4 is 0 Å². The molecule has 0 aliphatic heterocycles. The summed E-state index contributed by atoms with van der Waals surface area (Å²) in [5.74, 6) is 4.12. The monoisotopic (exact) mass is 246 g/mol. The molecule has 0 nitrogen and oxygen atoms in total. The van der Waals surface area contributed by atoms with Crippen LogP contribution < -0.4 is 0 Å². The molecule has 3 fully saturated rings. The molecule has 0 aromatic carbocycles. The molecule has 3 rings (SSSR count). The zero-order valence-electron chi connectivity index (χ0n) is 12.4. The van der Waals surface area contributed by atoms with Gasteiger partial charge in [0.05, 0.1) is 0 Å². The van der Waals surface area contributed by atoms with Crippen LogP contribution in [0.25, 0.3) is 0 Å². The van der Waals surface area contributed by atoms with Crippen LogP contribution in [-0.4, -0.2) is 0 Å². The Morgan fingerprint density at radius 3 is 2.72 bits per heavy atom. The number of allylic oxidation sites excluding steroid dienone is 1. The molecule has 5 unspecified atom stereocenters. The Labute approximate surface area is 113 Å². The first-order valence-corrected chi connectivity index (χ1v) is 8.27. The standard InChI is InChI=1S/C18H30/c1-13-6-4-9-17-16-8-5-7-14(2)15(16)10-11-18(17,3)12-13/h14-17H,1,4-12H2,2-3H3. The molecule has 0 saturated heterocycles.